The third-order valence-corrected chi connectivity index (χ3v) is 4.45. The first-order chi connectivity index (χ1) is 12.1. The van der Waals surface area contributed by atoms with Crippen LogP contribution in [0.4, 0.5) is 0 Å². The van der Waals surface area contributed by atoms with Gasteiger partial charge in [0.2, 0.25) is 5.89 Å². The number of para-hydroxylation sites is 1. The van der Waals surface area contributed by atoms with E-state index >= 15 is 0 Å². The summed E-state index contributed by atoms with van der Waals surface area (Å²) < 4.78 is 10.9. The normalized spacial score (nSPS) is 17.8. The lowest BCUT2D eigenvalue weighted by Crippen LogP contribution is -2.39. The monoisotopic (exact) mass is 339 g/mol. The molecule has 0 unspecified atom stereocenters. The maximum Gasteiger partial charge on any atom is 0.289 e. The molecule has 7 heteroatoms. The fourth-order valence-corrected chi connectivity index (χ4v) is 3.21. The zero-order chi connectivity index (χ0) is 17.4. The summed E-state index contributed by atoms with van der Waals surface area (Å²) in [5.41, 5.74) is 0.200. The van der Waals surface area contributed by atoms with Gasteiger partial charge in [-0.3, -0.25) is 9.59 Å². The van der Waals surface area contributed by atoms with Crippen molar-refractivity contribution in [1.29, 1.82) is 0 Å². The van der Waals surface area contributed by atoms with E-state index in [1.807, 2.05) is 0 Å². The van der Waals surface area contributed by atoms with E-state index in [4.69, 9.17) is 8.94 Å². The Bertz CT molecular complexity index is 991. The topological polar surface area (TPSA) is 89.4 Å². The summed E-state index contributed by atoms with van der Waals surface area (Å²) in [5, 5.41) is 4.29. The number of carbonyl (C=O) groups excluding carboxylic acids is 1. The van der Waals surface area contributed by atoms with Crippen LogP contribution in [0.5, 0.6) is 0 Å². The Morgan fingerprint density at radius 2 is 2.16 bits per heavy atom. The van der Waals surface area contributed by atoms with Crippen molar-refractivity contribution in [2.75, 3.05) is 13.1 Å². The second kappa shape index (κ2) is 6.16. The summed E-state index contributed by atoms with van der Waals surface area (Å²) in [6, 6.07) is 8.18. The van der Waals surface area contributed by atoms with Gasteiger partial charge in [0.25, 0.3) is 5.91 Å². The Kier molecular flexibility index (Phi) is 3.83. The van der Waals surface area contributed by atoms with Crippen LogP contribution < -0.4 is 5.43 Å². The number of hydrogen-bond acceptors (Lipinski definition) is 6. The second-order valence-corrected chi connectivity index (χ2v) is 6.24. The highest BCUT2D eigenvalue weighted by molar-refractivity contribution is 5.93. The van der Waals surface area contributed by atoms with Crippen LogP contribution in [-0.4, -0.2) is 34.0 Å². The summed E-state index contributed by atoms with van der Waals surface area (Å²) in [4.78, 5) is 31.0. The van der Waals surface area contributed by atoms with Gasteiger partial charge in [0, 0.05) is 19.2 Å². The van der Waals surface area contributed by atoms with Crippen molar-refractivity contribution < 1.29 is 13.7 Å². The number of carbonyl (C=O) groups is 1. The predicted molar refractivity (Wildman–Crippen MR) is 89.4 cm³/mol. The number of piperidine rings is 1. The number of aromatic nitrogens is 2. The zero-order valence-electron chi connectivity index (χ0n) is 13.8. The van der Waals surface area contributed by atoms with Gasteiger partial charge >= 0.3 is 0 Å². The SMILES string of the molecule is Cc1noc([C@H]2CCCN(C(=O)c3cc(=O)c4ccccc4o3)C2)n1. The van der Waals surface area contributed by atoms with Crippen LogP contribution in [0, 0.1) is 6.92 Å². The second-order valence-electron chi connectivity index (χ2n) is 6.24. The lowest BCUT2D eigenvalue weighted by atomic mass is 9.97. The third kappa shape index (κ3) is 2.93. The Morgan fingerprint density at radius 1 is 1.32 bits per heavy atom. The highest BCUT2D eigenvalue weighted by Gasteiger charge is 2.30. The van der Waals surface area contributed by atoms with Gasteiger partial charge in [0.05, 0.1) is 11.3 Å². The molecule has 1 amide bonds. The molecule has 0 saturated carbocycles. The van der Waals surface area contributed by atoms with E-state index in [0.717, 1.165) is 12.8 Å². The molecular weight excluding hydrogens is 322 g/mol. The third-order valence-electron chi connectivity index (χ3n) is 4.45. The first-order valence-corrected chi connectivity index (χ1v) is 8.24. The van der Waals surface area contributed by atoms with E-state index in [2.05, 4.69) is 10.1 Å². The highest BCUT2D eigenvalue weighted by Crippen LogP contribution is 2.26. The molecule has 7 nitrogen and oxygen atoms in total. The quantitative estimate of drug-likeness (QED) is 0.712. The fraction of sp³-hybridized carbons (Fsp3) is 0.333. The molecule has 25 heavy (non-hydrogen) atoms. The van der Waals surface area contributed by atoms with Crippen LogP contribution in [0.2, 0.25) is 0 Å². The first kappa shape index (κ1) is 15.6. The molecule has 0 aliphatic carbocycles. The summed E-state index contributed by atoms with van der Waals surface area (Å²) in [6.45, 7) is 2.85. The van der Waals surface area contributed by atoms with Crippen molar-refractivity contribution in [2.45, 2.75) is 25.7 Å². The molecule has 0 spiro atoms. The van der Waals surface area contributed by atoms with Gasteiger partial charge in [-0.2, -0.15) is 4.98 Å². The number of aryl methyl sites for hydroxylation is 1. The van der Waals surface area contributed by atoms with Crippen molar-refractivity contribution in [1.82, 2.24) is 15.0 Å². The molecule has 0 bridgehead atoms. The number of nitrogens with zero attached hydrogens (tertiary/aromatic N) is 3. The van der Waals surface area contributed by atoms with E-state index in [1.165, 1.54) is 6.07 Å². The van der Waals surface area contributed by atoms with Crippen LogP contribution in [0.25, 0.3) is 11.0 Å². The summed E-state index contributed by atoms with van der Waals surface area (Å²) in [5.74, 6) is 0.912. The van der Waals surface area contributed by atoms with Crippen LogP contribution in [0.3, 0.4) is 0 Å². The number of fused-ring (bicyclic) bond motifs is 1. The molecule has 1 saturated heterocycles. The maximum absolute atomic E-state index is 12.8. The van der Waals surface area contributed by atoms with Gasteiger partial charge in [-0.15, -0.1) is 0 Å². The molecule has 128 valence electrons. The molecular formula is C18H17N3O4. The van der Waals surface area contributed by atoms with E-state index in [0.29, 0.717) is 35.8 Å². The Hall–Kier alpha value is -2.96. The smallest absolute Gasteiger partial charge is 0.289 e. The van der Waals surface area contributed by atoms with Crippen molar-refractivity contribution in [3.63, 3.8) is 0 Å². The molecule has 3 aromatic rings. The molecule has 0 N–H and O–H groups in total. The Labute approximate surface area is 143 Å². The van der Waals surface area contributed by atoms with Gasteiger partial charge in [-0.25, -0.2) is 0 Å². The Balaban J connectivity index is 1.61. The highest BCUT2D eigenvalue weighted by atomic mass is 16.5. The van der Waals surface area contributed by atoms with Crippen molar-refractivity contribution in [3.05, 3.63) is 58.0 Å². The molecule has 0 radical (unpaired) electrons. The number of rotatable bonds is 2. The van der Waals surface area contributed by atoms with Crippen molar-refractivity contribution in [2.24, 2.45) is 0 Å². The average Bonchev–Trinajstić information content (AvgIpc) is 3.08. The number of hydrogen-bond donors (Lipinski definition) is 0. The van der Waals surface area contributed by atoms with Crippen molar-refractivity contribution in [3.8, 4) is 0 Å². The van der Waals surface area contributed by atoms with E-state index in [1.54, 1.807) is 36.1 Å². The van der Waals surface area contributed by atoms with Crippen molar-refractivity contribution >= 4 is 16.9 Å². The zero-order valence-corrected chi connectivity index (χ0v) is 13.8. The molecule has 1 atom stereocenters. The van der Waals surface area contributed by atoms with E-state index in [9.17, 15) is 9.59 Å². The molecule has 4 rings (SSSR count). The predicted octanol–water partition coefficient (Wildman–Crippen LogP) is 2.50. The average molecular weight is 339 g/mol. The largest absolute Gasteiger partial charge is 0.451 e. The van der Waals surface area contributed by atoms with E-state index < -0.39 is 0 Å². The summed E-state index contributed by atoms with van der Waals surface area (Å²) in [6.07, 6.45) is 1.71. The number of amides is 1. The van der Waals surface area contributed by atoms with Crippen LogP contribution in [-0.2, 0) is 0 Å². The molecule has 2 aromatic heterocycles. The van der Waals surface area contributed by atoms with Crippen LogP contribution in [0.15, 0.2) is 44.1 Å². The van der Waals surface area contributed by atoms with Crippen LogP contribution >= 0.6 is 0 Å². The van der Waals surface area contributed by atoms with Gasteiger partial charge in [0.15, 0.2) is 17.0 Å². The minimum atomic E-state index is -0.288. The van der Waals surface area contributed by atoms with Gasteiger partial charge in [0.1, 0.15) is 5.58 Å². The first-order valence-electron chi connectivity index (χ1n) is 8.24. The van der Waals surface area contributed by atoms with Gasteiger partial charge in [-0.05, 0) is 31.9 Å². The van der Waals surface area contributed by atoms with Crippen LogP contribution in [0.1, 0.15) is 41.0 Å². The minimum Gasteiger partial charge on any atom is -0.451 e. The van der Waals surface area contributed by atoms with E-state index in [-0.39, 0.29) is 23.0 Å². The maximum atomic E-state index is 12.8. The molecule has 1 aromatic carbocycles. The summed E-state index contributed by atoms with van der Waals surface area (Å²) >= 11 is 0. The minimum absolute atomic E-state index is 0.00563. The standard InChI is InChI=1S/C18H17N3O4/c1-11-19-17(25-20-11)12-5-4-8-21(10-12)18(23)16-9-14(22)13-6-2-3-7-15(13)24-16/h2-3,6-7,9,12H,4-5,8,10H2,1H3/t12-/m0/s1. The lowest BCUT2D eigenvalue weighted by molar-refractivity contribution is 0.0664. The molecule has 1 fully saturated rings. The van der Waals surface area contributed by atoms with Gasteiger partial charge in [-0.1, -0.05) is 17.3 Å². The number of likely N-dealkylation sites (tertiary alicyclic amines) is 1. The number of benzene rings is 1. The summed E-state index contributed by atoms with van der Waals surface area (Å²) in [7, 11) is 0. The molecule has 3 heterocycles. The fourth-order valence-electron chi connectivity index (χ4n) is 3.21. The molecule has 1 aliphatic rings. The van der Waals surface area contributed by atoms with Gasteiger partial charge < -0.3 is 13.8 Å². The lowest BCUT2D eigenvalue weighted by Gasteiger charge is -2.30. The molecule has 1 aliphatic heterocycles. The Morgan fingerprint density at radius 3 is 2.96 bits per heavy atom.